The zero-order valence-electron chi connectivity index (χ0n) is 6.67. The van der Waals surface area contributed by atoms with E-state index in [2.05, 4.69) is 9.36 Å². The van der Waals surface area contributed by atoms with E-state index in [-0.39, 0.29) is 0 Å². The topological polar surface area (TPSA) is 25.8 Å². The third kappa shape index (κ3) is 1.73. The Labute approximate surface area is 99.6 Å². The summed E-state index contributed by atoms with van der Waals surface area (Å²) >= 11 is 19.0. The van der Waals surface area contributed by atoms with E-state index in [1.807, 2.05) is 0 Å². The van der Waals surface area contributed by atoms with Crippen LogP contribution < -0.4 is 0 Å². The highest BCUT2D eigenvalue weighted by Crippen LogP contribution is 2.37. The lowest BCUT2D eigenvalue weighted by atomic mass is 10.2. The molecule has 0 radical (unpaired) electrons. The van der Waals surface area contributed by atoms with Gasteiger partial charge in [-0.1, -0.05) is 34.8 Å². The van der Waals surface area contributed by atoms with Gasteiger partial charge in [0.15, 0.2) is 0 Å². The van der Waals surface area contributed by atoms with E-state index in [0.29, 0.717) is 15.1 Å². The van der Waals surface area contributed by atoms with Crippen LogP contribution in [0.4, 0.5) is 0 Å². The summed E-state index contributed by atoms with van der Waals surface area (Å²) in [5.41, 5.74) is 0.753. The maximum Gasteiger partial charge on any atom is 0.145 e. The summed E-state index contributed by atoms with van der Waals surface area (Å²) in [5.74, 6) is 0. The molecule has 72 valence electrons. The number of benzene rings is 1. The van der Waals surface area contributed by atoms with Crippen molar-refractivity contribution in [2.24, 2.45) is 0 Å². The third-order valence-corrected chi connectivity index (χ3v) is 3.62. The molecule has 0 spiro atoms. The van der Waals surface area contributed by atoms with Crippen molar-refractivity contribution >= 4 is 46.3 Å². The van der Waals surface area contributed by atoms with Crippen molar-refractivity contribution in [3.63, 3.8) is 0 Å². The van der Waals surface area contributed by atoms with Crippen LogP contribution in [0.15, 0.2) is 18.5 Å². The molecule has 0 aliphatic rings. The second-order valence-corrected chi connectivity index (χ2v) is 4.41. The van der Waals surface area contributed by atoms with Gasteiger partial charge in [-0.25, -0.2) is 4.98 Å². The van der Waals surface area contributed by atoms with Crippen molar-refractivity contribution in [1.29, 1.82) is 0 Å². The average molecular weight is 266 g/mol. The van der Waals surface area contributed by atoms with Crippen molar-refractivity contribution in [2.75, 3.05) is 0 Å². The summed E-state index contributed by atoms with van der Waals surface area (Å²) in [6.45, 7) is 0. The van der Waals surface area contributed by atoms with Gasteiger partial charge in [0.2, 0.25) is 0 Å². The highest BCUT2D eigenvalue weighted by molar-refractivity contribution is 7.09. The third-order valence-electron chi connectivity index (χ3n) is 1.63. The standard InChI is InChI=1S/C8H3Cl3N2S/c9-5-2-1-4(6(10)7(5)11)8-12-3-13-14-8/h1-3H. The zero-order valence-corrected chi connectivity index (χ0v) is 9.75. The minimum Gasteiger partial charge on any atom is -0.223 e. The molecule has 0 saturated heterocycles. The molecule has 6 heteroatoms. The first-order valence-corrected chi connectivity index (χ1v) is 5.51. The van der Waals surface area contributed by atoms with Crippen molar-refractivity contribution < 1.29 is 0 Å². The van der Waals surface area contributed by atoms with Crippen LogP contribution in [0, 0.1) is 0 Å². The maximum atomic E-state index is 6.01. The number of halogens is 3. The first-order chi connectivity index (χ1) is 6.70. The Bertz CT molecular complexity index is 456. The number of hydrogen-bond acceptors (Lipinski definition) is 3. The number of nitrogens with zero attached hydrogens (tertiary/aromatic N) is 2. The van der Waals surface area contributed by atoms with Gasteiger partial charge in [0.05, 0.1) is 15.1 Å². The molecule has 0 N–H and O–H groups in total. The summed E-state index contributed by atoms with van der Waals surface area (Å²) in [6.07, 6.45) is 1.47. The second-order valence-electron chi connectivity index (χ2n) is 2.47. The van der Waals surface area contributed by atoms with Crippen LogP contribution in [0.5, 0.6) is 0 Å². The lowest BCUT2D eigenvalue weighted by Gasteiger charge is -2.03. The SMILES string of the molecule is Clc1ccc(-c2ncns2)c(Cl)c1Cl. The molecule has 1 aromatic carbocycles. The predicted octanol–water partition coefficient (Wildman–Crippen LogP) is 4.17. The summed E-state index contributed by atoms with van der Waals surface area (Å²) < 4.78 is 3.89. The molecule has 0 atom stereocenters. The van der Waals surface area contributed by atoms with Gasteiger partial charge in [0.25, 0.3) is 0 Å². The van der Waals surface area contributed by atoms with E-state index < -0.39 is 0 Å². The van der Waals surface area contributed by atoms with Gasteiger partial charge in [-0.3, -0.25) is 0 Å². The molecule has 0 aliphatic carbocycles. The van der Waals surface area contributed by atoms with Gasteiger partial charge in [0, 0.05) is 5.56 Å². The Morgan fingerprint density at radius 2 is 1.86 bits per heavy atom. The summed E-state index contributed by atoms with van der Waals surface area (Å²) in [6, 6.07) is 3.46. The Morgan fingerprint density at radius 3 is 2.50 bits per heavy atom. The van der Waals surface area contributed by atoms with Gasteiger partial charge in [-0.15, -0.1) is 0 Å². The van der Waals surface area contributed by atoms with E-state index in [1.165, 1.54) is 17.9 Å². The van der Waals surface area contributed by atoms with E-state index in [9.17, 15) is 0 Å². The molecule has 1 aromatic heterocycles. The minimum atomic E-state index is 0.348. The molecule has 14 heavy (non-hydrogen) atoms. The summed E-state index contributed by atoms with van der Waals surface area (Å²) in [7, 11) is 0. The summed E-state index contributed by atoms with van der Waals surface area (Å²) in [5, 5.41) is 1.93. The Hall–Kier alpha value is -0.350. The molecule has 0 fully saturated rings. The average Bonchev–Trinajstić information content (AvgIpc) is 2.67. The first-order valence-electron chi connectivity index (χ1n) is 3.60. The second kappa shape index (κ2) is 4.03. The van der Waals surface area contributed by atoms with Crippen LogP contribution in [0.3, 0.4) is 0 Å². The molecule has 0 bridgehead atoms. The van der Waals surface area contributed by atoms with Crippen LogP contribution in [0.2, 0.25) is 15.1 Å². The van der Waals surface area contributed by atoms with Crippen molar-refractivity contribution in [1.82, 2.24) is 9.36 Å². The van der Waals surface area contributed by atoms with Crippen LogP contribution in [0.1, 0.15) is 0 Å². The van der Waals surface area contributed by atoms with Gasteiger partial charge < -0.3 is 0 Å². The molecular formula is C8H3Cl3N2S. The highest BCUT2D eigenvalue weighted by Gasteiger charge is 2.12. The van der Waals surface area contributed by atoms with Crippen molar-refractivity contribution in [3.8, 4) is 10.6 Å². The molecule has 0 amide bonds. The molecule has 0 saturated carbocycles. The highest BCUT2D eigenvalue weighted by atomic mass is 35.5. The van der Waals surface area contributed by atoms with E-state index >= 15 is 0 Å². The fraction of sp³-hybridized carbons (Fsp3) is 0. The molecule has 1 heterocycles. The van der Waals surface area contributed by atoms with Gasteiger partial charge >= 0.3 is 0 Å². The molecule has 2 nitrogen and oxygen atoms in total. The van der Waals surface area contributed by atoms with Crippen molar-refractivity contribution in [3.05, 3.63) is 33.5 Å². The molecule has 0 unspecified atom stereocenters. The van der Waals surface area contributed by atoms with Crippen LogP contribution in [-0.2, 0) is 0 Å². The van der Waals surface area contributed by atoms with Crippen LogP contribution >= 0.6 is 46.3 Å². The van der Waals surface area contributed by atoms with E-state index in [4.69, 9.17) is 34.8 Å². The molecular weight excluding hydrogens is 263 g/mol. The minimum absolute atomic E-state index is 0.348. The Kier molecular flexibility index (Phi) is 2.93. The molecule has 2 aromatic rings. The quantitative estimate of drug-likeness (QED) is 0.723. The van der Waals surface area contributed by atoms with Crippen LogP contribution in [0.25, 0.3) is 10.6 Å². The predicted molar refractivity (Wildman–Crippen MR) is 60.4 cm³/mol. The lowest BCUT2D eigenvalue weighted by molar-refractivity contribution is 1.33. The zero-order chi connectivity index (χ0) is 10.1. The van der Waals surface area contributed by atoms with Crippen molar-refractivity contribution in [2.45, 2.75) is 0 Å². The maximum absolute atomic E-state index is 6.01. The normalized spacial score (nSPS) is 10.5. The van der Waals surface area contributed by atoms with Crippen LogP contribution in [-0.4, -0.2) is 9.36 Å². The first kappa shape index (κ1) is 10.2. The number of rotatable bonds is 1. The molecule has 2 rings (SSSR count). The fourth-order valence-electron chi connectivity index (χ4n) is 0.983. The summed E-state index contributed by atoms with van der Waals surface area (Å²) in [4.78, 5) is 4.04. The Morgan fingerprint density at radius 1 is 1.07 bits per heavy atom. The Balaban J connectivity index is 2.61. The van der Waals surface area contributed by atoms with Gasteiger partial charge in [-0.2, -0.15) is 4.37 Å². The van der Waals surface area contributed by atoms with Gasteiger partial charge in [0.1, 0.15) is 11.3 Å². The number of hydrogen-bond donors (Lipinski definition) is 0. The number of aromatic nitrogens is 2. The fourth-order valence-corrected chi connectivity index (χ4v) is 2.22. The van der Waals surface area contributed by atoms with E-state index in [1.54, 1.807) is 12.1 Å². The monoisotopic (exact) mass is 264 g/mol. The largest absolute Gasteiger partial charge is 0.223 e. The smallest absolute Gasteiger partial charge is 0.145 e. The van der Waals surface area contributed by atoms with E-state index in [0.717, 1.165) is 10.6 Å². The van der Waals surface area contributed by atoms with Gasteiger partial charge in [-0.05, 0) is 23.7 Å². The lowest BCUT2D eigenvalue weighted by Crippen LogP contribution is -1.80. The molecule has 0 aliphatic heterocycles.